The van der Waals surface area contributed by atoms with Gasteiger partial charge in [-0.25, -0.2) is 4.79 Å². The van der Waals surface area contributed by atoms with Crippen LogP contribution in [-0.2, 0) is 11.2 Å². The van der Waals surface area contributed by atoms with E-state index in [1.165, 1.54) is 5.56 Å². The standard InChI is InChI=1S/C19H29ClN4O2/c20-18-3-1-17(2-4-18)5-6-21-19(25)24-11-9-22(10-12-24)7-8-23-13-15-26-16-14-23/h1-4H,5-16H2,(H,21,25). The molecule has 26 heavy (non-hydrogen) atoms. The summed E-state index contributed by atoms with van der Waals surface area (Å²) in [7, 11) is 0. The number of carbonyl (C=O) groups is 1. The molecule has 1 aromatic carbocycles. The number of urea groups is 1. The van der Waals surface area contributed by atoms with E-state index in [2.05, 4.69) is 15.1 Å². The summed E-state index contributed by atoms with van der Waals surface area (Å²) < 4.78 is 5.39. The fourth-order valence-electron chi connectivity index (χ4n) is 3.36. The van der Waals surface area contributed by atoms with E-state index < -0.39 is 0 Å². The summed E-state index contributed by atoms with van der Waals surface area (Å²) in [6, 6.07) is 7.82. The number of nitrogens with zero attached hydrogens (tertiary/aromatic N) is 3. The average Bonchev–Trinajstić information content (AvgIpc) is 2.69. The zero-order valence-corrected chi connectivity index (χ0v) is 16.1. The minimum atomic E-state index is 0.0480. The highest BCUT2D eigenvalue weighted by molar-refractivity contribution is 6.30. The second kappa shape index (κ2) is 10.1. The van der Waals surface area contributed by atoms with E-state index in [4.69, 9.17) is 16.3 Å². The van der Waals surface area contributed by atoms with E-state index in [0.717, 1.165) is 77.0 Å². The van der Waals surface area contributed by atoms with Gasteiger partial charge in [-0.3, -0.25) is 9.80 Å². The Bertz CT molecular complexity index is 555. The number of piperazine rings is 1. The van der Waals surface area contributed by atoms with Crippen molar-refractivity contribution >= 4 is 17.6 Å². The molecular weight excluding hydrogens is 352 g/mol. The molecule has 2 aliphatic rings. The van der Waals surface area contributed by atoms with Crippen LogP contribution in [-0.4, -0.2) is 92.8 Å². The summed E-state index contributed by atoms with van der Waals surface area (Å²) in [5.74, 6) is 0. The highest BCUT2D eigenvalue weighted by Crippen LogP contribution is 2.09. The van der Waals surface area contributed by atoms with Gasteiger partial charge in [0.05, 0.1) is 13.2 Å². The number of morpholine rings is 1. The lowest BCUT2D eigenvalue weighted by Gasteiger charge is -2.36. The Morgan fingerprint density at radius 3 is 2.23 bits per heavy atom. The lowest BCUT2D eigenvalue weighted by molar-refractivity contribution is 0.0309. The molecule has 7 heteroatoms. The fourth-order valence-corrected chi connectivity index (χ4v) is 3.48. The number of hydrogen-bond acceptors (Lipinski definition) is 4. The molecular formula is C19H29ClN4O2. The van der Waals surface area contributed by atoms with Crippen molar-refractivity contribution < 1.29 is 9.53 Å². The van der Waals surface area contributed by atoms with Gasteiger partial charge in [-0.2, -0.15) is 0 Å². The van der Waals surface area contributed by atoms with Gasteiger partial charge in [0.1, 0.15) is 0 Å². The van der Waals surface area contributed by atoms with Gasteiger partial charge in [-0.05, 0) is 24.1 Å². The van der Waals surface area contributed by atoms with Crippen LogP contribution in [0.15, 0.2) is 24.3 Å². The molecule has 6 nitrogen and oxygen atoms in total. The van der Waals surface area contributed by atoms with Crippen LogP contribution in [0.3, 0.4) is 0 Å². The lowest BCUT2D eigenvalue weighted by Crippen LogP contribution is -2.53. The molecule has 1 N–H and O–H groups in total. The molecule has 2 fully saturated rings. The second-order valence-electron chi connectivity index (χ2n) is 6.89. The number of ether oxygens (including phenoxy) is 1. The second-order valence-corrected chi connectivity index (χ2v) is 7.33. The third kappa shape index (κ3) is 6.13. The Labute approximate surface area is 161 Å². The Morgan fingerprint density at radius 2 is 1.58 bits per heavy atom. The van der Waals surface area contributed by atoms with E-state index >= 15 is 0 Å². The Morgan fingerprint density at radius 1 is 0.962 bits per heavy atom. The monoisotopic (exact) mass is 380 g/mol. The first-order valence-corrected chi connectivity index (χ1v) is 9.88. The van der Waals surface area contributed by atoms with Crippen molar-refractivity contribution in [2.45, 2.75) is 6.42 Å². The van der Waals surface area contributed by atoms with Gasteiger partial charge in [0.25, 0.3) is 0 Å². The van der Waals surface area contributed by atoms with E-state index in [9.17, 15) is 4.79 Å². The Balaban J connectivity index is 1.29. The van der Waals surface area contributed by atoms with Gasteiger partial charge in [-0.1, -0.05) is 23.7 Å². The summed E-state index contributed by atoms with van der Waals surface area (Å²) in [6.07, 6.45) is 0.822. The van der Waals surface area contributed by atoms with Crippen LogP contribution in [0.2, 0.25) is 5.02 Å². The van der Waals surface area contributed by atoms with Gasteiger partial charge >= 0.3 is 6.03 Å². The van der Waals surface area contributed by atoms with Crippen molar-refractivity contribution in [3.8, 4) is 0 Å². The van der Waals surface area contributed by atoms with Crippen molar-refractivity contribution in [2.75, 3.05) is 72.1 Å². The first-order chi connectivity index (χ1) is 12.7. The molecule has 2 saturated heterocycles. The molecule has 144 valence electrons. The average molecular weight is 381 g/mol. The molecule has 0 radical (unpaired) electrons. The van der Waals surface area contributed by atoms with Crippen LogP contribution < -0.4 is 5.32 Å². The number of nitrogens with one attached hydrogen (secondary N) is 1. The molecule has 0 aromatic heterocycles. The predicted molar refractivity (Wildman–Crippen MR) is 104 cm³/mol. The minimum Gasteiger partial charge on any atom is -0.379 e. The van der Waals surface area contributed by atoms with E-state index in [1.807, 2.05) is 29.2 Å². The highest BCUT2D eigenvalue weighted by Gasteiger charge is 2.21. The van der Waals surface area contributed by atoms with Gasteiger partial charge in [0, 0.05) is 63.9 Å². The fraction of sp³-hybridized carbons (Fsp3) is 0.632. The molecule has 0 atom stereocenters. The molecule has 2 aliphatic heterocycles. The third-order valence-electron chi connectivity index (χ3n) is 5.10. The Hall–Kier alpha value is -1.34. The molecule has 2 heterocycles. The van der Waals surface area contributed by atoms with Crippen LogP contribution in [0, 0.1) is 0 Å². The number of amides is 2. The summed E-state index contributed by atoms with van der Waals surface area (Å²) in [5.41, 5.74) is 1.18. The quantitative estimate of drug-likeness (QED) is 0.813. The summed E-state index contributed by atoms with van der Waals surface area (Å²) in [6.45, 7) is 10.1. The maximum atomic E-state index is 12.3. The zero-order valence-electron chi connectivity index (χ0n) is 15.3. The number of carbonyl (C=O) groups excluding carboxylic acids is 1. The van der Waals surface area contributed by atoms with E-state index in [0.29, 0.717) is 6.54 Å². The van der Waals surface area contributed by atoms with E-state index in [1.54, 1.807) is 0 Å². The lowest BCUT2D eigenvalue weighted by atomic mass is 10.1. The van der Waals surface area contributed by atoms with Crippen LogP contribution >= 0.6 is 11.6 Å². The molecule has 3 rings (SSSR count). The summed E-state index contributed by atoms with van der Waals surface area (Å²) >= 11 is 5.89. The van der Waals surface area contributed by atoms with Crippen LogP contribution in [0.25, 0.3) is 0 Å². The van der Waals surface area contributed by atoms with Gasteiger partial charge in [0.2, 0.25) is 0 Å². The first kappa shape index (κ1) is 19.4. The van der Waals surface area contributed by atoms with Crippen LogP contribution in [0.5, 0.6) is 0 Å². The maximum absolute atomic E-state index is 12.3. The van der Waals surface area contributed by atoms with E-state index in [-0.39, 0.29) is 6.03 Å². The maximum Gasteiger partial charge on any atom is 0.317 e. The highest BCUT2D eigenvalue weighted by atomic mass is 35.5. The van der Waals surface area contributed by atoms with Crippen molar-refractivity contribution in [1.29, 1.82) is 0 Å². The number of hydrogen-bond donors (Lipinski definition) is 1. The SMILES string of the molecule is O=C(NCCc1ccc(Cl)cc1)N1CCN(CCN2CCOCC2)CC1. The molecule has 0 aliphatic carbocycles. The van der Waals surface area contributed by atoms with Gasteiger partial charge in [-0.15, -0.1) is 0 Å². The van der Waals surface area contributed by atoms with Crippen molar-refractivity contribution in [2.24, 2.45) is 0 Å². The largest absolute Gasteiger partial charge is 0.379 e. The van der Waals surface area contributed by atoms with Crippen molar-refractivity contribution in [1.82, 2.24) is 20.0 Å². The molecule has 1 aromatic rings. The smallest absolute Gasteiger partial charge is 0.317 e. The summed E-state index contributed by atoms with van der Waals surface area (Å²) in [5, 5.41) is 3.77. The first-order valence-electron chi connectivity index (χ1n) is 9.50. The number of rotatable bonds is 6. The number of benzene rings is 1. The third-order valence-corrected chi connectivity index (χ3v) is 5.35. The van der Waals surface area contributed by atoms with Gasteiger partial charge < -0.3 is 15.0 Å². The molecule has 2 amide bonds. The molecule has 0 spiro atoms. The normalized spacial score (nSPS) is 19.5. The van der Waals surface area contributed by atoms with Crippen LogP contribution in [0.4, 0.5) is 4.79 Å². The minimum absolute atomic E-state index is 0.0480. The molecule has 0 saturated carbocycles. The summed E-state index contributed by atoms with van der Waals surface area (Å²) in [4.78, 5) is 19.1. The van der Waals surface area contributed by atoms with Gasteiger partial charge in [0.15, 0.2) is 0 Å². The Kier molecular flexibility index (Phi) is 7.55. The topological polar surface area (TPSA) is 48.1 Å². The predicted octanol–water partition coefficient (Wildman–Crippen LogP) is 1.54. The van der Waals surface area contributed by atoms with Crippen molar-refractivity contribution in [3.05, 3.63) is 34.9 Å². The molecule has 0 unspecified atom stereocenters. The molecule has 0 bridgehead atoms. The number of halogens is 1. The van der Waals surface area contributed by atoms with Crippen molar-refractivity contribution in [3.63, 3.8) is 0 Å². The zero-order chi connectivity index (χ0) is 18.2. The van der Waals surface area contributed by atoms with Crippen LogP contribution in [0.1, 0.15) is 5.56 Å².